The van der Waals surface area contributed by atoms with E-state index >= 15 is 0 Å². The minimum absolute atomic E-state index is 0.501. The summed E-state index contributed by atoms with van der Waals surface area (Å²) in [6, 6.07) is 22.0. The number of carboxylic acid groups (broad SMARTS) is 1. The van der Waals surface area contributed by atoms with Crippen LogP contribution in [0.15, 0.2) is 79.0 Å². The predicted molar refractivity (Wildman–Crippen MR) is 116 cm³/mol. The van der Waals surface area contributed by atoms with Gasteiger partial charge in [-0.1, -0.05) is 30.3 Å². The molecule has 0 atom stereocenters. The maximum Gasteiger partial charge on any atom is 0.409 e. The normalized spacial score (nSPS) is 10.4. The van der Waals surface area contributed by atoms with E-state index in [-0.39, 0.29) is 0 Å². The Labute approximate surface area is 172 Å². The van der Waals surface area contributed by atoms with Crippen LogP contribution in [0.3, 0.4) is 0 Å². The Bertz CT molecular complexity index is 1210. The molecular formula is C23H19N3O4. The Morgan fingerprint density at radius 3 is 2.57 bits per heavy atom. The molecule has 3 aromatic carbocycles. The van der Waals surface area contributed by atoms with Gasteiger partial charge in [0, 0.05) is 34.8 Å². The van der Waals surface area contributed by atoms with Gasteiger partial charge in [0.25, 0.3) is 0 Å². The van der Waals surface area contributed by atoms with Crippen LogP contribution in [0.25, 0.3) is 10.8 Å². The summed E-state index contributed by atoms with van der Waals surface area (Å²) in [6.45, 7) is 0. The summed E-state index contributed by atoms with van der Waals surface area (Å²) in [5.41, 5.74) is 1.34. The number of benzene rings is 3. The third-order valence-corrected chi connectivity index (χ3v) is 4.43. The van der Waals surface area contributed by atoms with Crippen LogP contribution in [0.5, 0.6) is 17.2 Å². The monoisotopic (exact) mass is 401 g/mol. The Morgan fingerprint density at radius 1 is 0.933 bits per heavy atom. The number of ether oxygens (including phenoxy) is 2. The quantitative estimate of drug-likeness (QED) is 0.374. The van der Waals surface area contributed by atoms with Crippen molar-refractivity contribution in [2.45, 2.75) is 0 Å². The number of rotatable bonds is 6. The van der Waals surface area contributed by atoms with Crippen LogP contribution in [-0.4, -0.2) is 23.3 Å². The van der Waals surface area contributed by atoms with Gasteiger partial charge in [0.15, 0.2) is 0 Å². The van der Waals surface area contributed by atoms with Crippen molar-refractivity contribution in [1.29, 1.82) is 0 Å². The molecule has 0 radical (unpaired) electrons. The summed E-state index contributed by atoms with van der Waals surface area (Å²) in [5.74, 6) is 2.57. The molecule has 0 spiro atoms. The van der Waals surface area contributed by atoms with Gasteiger partial charge in [-0.3, -0.25) is 5.32 Å². The van der Waals surface area contributed by atoms with Crippen molar-refractivity contribution in [3.63, 3.8) is 0 Å². The predicted octanol–water partition coefficient (Wildman–Crippen LogP) is 5.87. The highest BCUT2D eigenvalue weighted by Crippen LogP contribution is 2.35. The van der Waals surface area contributed by atoms with Crippen molar-refractivity contribution >= 4 is 34.1 Å². The second-order valence-corrected chi connectivity index (χ2v) is 6.42. The van der Waals surface area contributed by atoms with Crippen LogP contribution >= 0.6 is 0 Å². The molecule has 4 rings (SSSR count). The third-order valence-electron chi connectivity index (χ3n) is 4.43. The van der Waals surface area contributed by atoms with E-state index in [0.29, 0.717) is 23.0 Å². The van der Waals surface area contributed by atoms with E-state index in [1.54, 1.807) is 37.6 Å². The average molecular weight is 401 g/mol. The Balaban J connectivity index is 1.61. The van der Waals surface area contributed by atoms with Gasteiger partial charge in [0.05, 0.1) is 12.8 Å². The third kappa shape index (κ3) is 4.25. The SMILES string of the molecule is COc1cccc(Nc2cc(Oc3ccc(NC(=O)O)c4ccccc34)ccn2)c1. The number of hydrogen-bond donors (Lipinski definition) is 3. The molecule has 150 valence electrons. The molecule has 1 amide bonds. The molecule has 0 fully saturated rings. The number of aromatic nitrogens is 1. The van der Waals surface area contributed by atoms with Crippen molar-refractivity contribution in [2.75, 3.05) is 17.7 Å². The minimum atomic E-state index is -1.11. The highest BCUT2D eigenvalue weighted by atomic mass is 16.5. The van der Waals surface area contributed by atoms with Gasteiger partial charge in [-0.15, -0.1) is 0 Å². The second-order valence-electron chi connectivity index (χ2n) is 6.42. The molecule has 0 aliphatic heterocycles. The average Bonchev–Trinajstić information content (AvgIpc) is 2.75. The van der Waals surface area contributed by atoms with Gasteiger partial charge in [-0.2, -0.15) is 0 Å². The summed E-state index contributed by atoms with van der Waals surface area (Å²) in [4.78, 5) is 15.4. The van der Waals surface area contributed by atoms with Crippen molar-refractivity contribution in [2.24, 2.45) is 0 Å². The van der Waals surface area contributed by atoms with Crippen LogP contribution in [-0.2, 0) is 0 Å². The van der Waals surface area contributed by atoms with Gasteiger partial charge < -0.3 is 19.9 Å². The number of anilines is 3. The summed E-state index contributed by atoms with van der Waals surface area (Å²) in [7, 11) is 1.62. The van der Waals surface area contributed by atoms with E-state index in [4.69, 9.17) is 14.6 Å². The standard InChI is InChI=1S/C23H19N3O4/c1-29-16-6-4-5-15(13-16)25-22-14-17(11-12-24-22)30-21-10-9-20(26-23(27)28)18-7-2-3-8-19(18)21/h2-14,26H,1H3,(H,24,25)(H,27,28). The molecule has 30 heavy (non-hydrogen) atoms. The van der Waals surface area contributed by atoms with E-state index in [9.17, 15) is 4.79 Å². The van der Waals surface area contributed by atoms with E-state index in [2.05, 4.69) is 15.6 Å². The molecule has 0 unspecified atom stereocenters. The Hall–Kier alpha value is -4.26. The topological polar surface area (TPSA) is 92.7 Å². The van der Waals surface area contributed by atoms with Gasteiger partial charge in [-0.05, 0) is 30.3 Å². The molecule has 0 aliphatic carbocycles. The lowest BCUT2D eigenvalue weighted by Crippen LogP contribution is -2.07. The van der Waals surface area contributed by atoms with Crippen molar-refractivity contribution in [1.82, 2.24) is 4.98 Å². The molecule has 4 aromatic rings. The minimum Gasteiger partial charge on any atom is -0.497 e. The first-order chi connectivity index (χ1) is 14.6. The first kappa shape index (κ1) is 19.1. The van der Waals surface area contributed by atoms with Gasteiger partial charge in [0.2, 0.25) is 0 Å². The number of carbonyl (C=O) groups is 1. The smallest absolute Gasteiger partial charge is 0.409 e. The maximum absolute atomic E-state index is 11.1. The van der Waals surface area contributed by atoms with Gasteiger partial charge >= 0.3 is 6.09 Å². The highest BCUT2D eigenvalue weighted by Gasteiger charge is 2.10. The summed E-state index contributed by atoms with van der Waals surface area (Å²) >= 11 is 0. The summed E-state index contributed by atoms with van der Waals surface area (Å²) in [5, 5.41) is 16.2. The van der Waals surface area contributed by atoms with Crippen molar-refractivity contribution < 1.29 is 19.4 Å². The molecule has 0 saturated heterocycles. The zero-order valence-electron chi connectivity index (χ0n) is 16.1. The lowest BCUT2D eigenvalue weighted by molar-refractivity contribution is 0.210. The van der Waals surface area contributed by atoms with Crippen LogP contribution in [0.4, 0.5) is 22.0 Å². The fraction of sp³-hybridized carbons (Fsp3) is 0.0435. The molecule has 0 bridgehead atoms. The molecule has 0 saturated carbocycles. The fourth-order valence-corrected chi connectivity index (χ4v) is 3.10. The zero-order chi connectivity index (χ0) is 20.9. The molecule has 7 heteroatoms. The summed E-state index contributed by atoms with van der Waals surface area (Å²) < 4.78 is 11.3. The highest BCUT2D eigenvalue weighted by molar-refractivity contribution is 6.02. The first-order valence-electron chi connectivity index (χ1n) is 9.19. The van der Waals surface area contributed by atoms with Crippen molar-refractivity contribution in [3.8, 4) is 17.2 Å². The van der Waals surface area contributed by atoms with Crippen molar-refractivity contribution in [3.05, 3.63) is 79.0 Å². The van der Waals surface area contributed by atoms with Crippen LogP contribution in [0, 0.1) is 0 Å². The number of pyridine rings is 1. The second kappa shape index (κ2) is 8.40. The van der Waals surface area contributed by atoms with E-state index in [0.717, 1.165) is 22.2 Å². The molecule has 1 aromatic heterocycles. The van der Waals surface area contributed by atoms with Crippen LogP contribution in [0.2, 0.25) is 0 Å². The van der Waals surface area contributed by atoms with E-state index in [1.807, 2.05) is 48.5 Å². The Morgan fingerprint density at radius 2 is 1.77 bits per heavy atom. The largest absolute Gasteiger partial charge is 0.497 e. The molecule has 0 aliphatic rings. The number of nitrogens with zero attached hydrogens (tertiary/aromatic N) is 1. The number of amides is 1. The van der Waals surface area contributed by atoms with Crippen LogP contribution in [0.1, 0.15) is 0 Å². The molecule has 1 heterocycles. The molecule has 7 nitrogen and oxygen atoms in total. The molecular weight excluding hydrogens is 382 g/mol. The van der Waals surface area contributed by atoms with E-state index in [1.165, 1.54) is 0 Å². The number of fused-ring (bicyclic) bond motifs is 1. The van der Waals surface area contributed by atoms with E-state index < -0.39 is 6.09 Å². The lowest BCUT2D eigenvalue weighted by Gasteiger charge is -2.13. The number of hydrogen-bond acceptors (Lipinski definition) is 5. The first-order valence-corrected chi connectivity index (χ1v) is 9.19. The Kier molecular flexibility index (Phi) is 5.34. The van der Waals surface area contributed by atoms with Gasteiger partial charge in [0.1, 0.15) is 23.1 Å². The lowest BCUT2D eigenvalue weighted by atomic mass is 10.1. The van der Waals surface area contributed by atoms with Gasteiger partial charge in [-0.25, -0.2) is 9.78 Å². The van der Waals surface area contributed by atoms with Crippen LogP contribution < -0.4 is 20.1 Å². The molecule has 3 N–H and O–H groups in total. The zero-order valence-corrected chi connectivity index (χ0v) is 16.1. The maximum atomic E-state index is 11.1. The summed E-state index contributed by atoms with van der Waals surface area (Å²) in [6.07, 6.45) is 0.539. The number of methoxy groups -OCH3 is 1. The number of nitrogens with one attached hydrogen (secondary N) is 2. The fourth-order valence-electron chi connectivity index (χ4n) is 3.10.